The molecule has 2 heterocycles. The third kappa shape index (κ3) is 5.03. The molecule has 0 atom stereocenters. The first-order valence-electron chi connectivity index (χ1n) is 8.49. The number of aryl methyl sites for hydroxylation is 1. The molecule has 0 spiro atoms. The third-order valence-corrected chi connectivity index (χ3v) is 4.58. The molecular formula is C19H14Cl2F3N3O3. The second-order valence-electron chi connectivity index (χ2n) is 6.11. The fraction of sp³-hybridized carbons (Fsp3) is 0.211. The lowest BCUT2D eigenvalue weighted by Gasteiger charge is -2.12. The number of hydrogen-bond acceptors (Lipinski definition) is 5. The lowest BCUT2D eigenvalue weighted by Crippen LogP contribution is -2.25. The first kappa shape index (κ1) is 21.9. The second kappa shape index (κ2) is 8.93. The van der Waals surface area contributed by atoms with Crippen LogP contribution in [0, 0.1) is 6.92 Å². The van der Waals surface area contributed by atoms with Crippen molar-refractivity contribution in [2.24, 2.45) is 0 Å². The van der Waals surface area contributed by atoms with Crippen LogP contribution in [0.25, 0.3) is 11.3 Å². The van der Waals surface area contributed by atoms with E-state index >= 15 is 0 Å². The SMILES string of the molecule is Cc1onc(-c2c(Cl)cccc2Cl)c1C(=O)NCc1cccnc1OCC(F)(F)F. The van der Waals surface area contributed by atoms with E-state index < -0.39 is 18.7 Å². The molecule has 11 heteroatoms. The molecule has 0 fully saturated rings. The van der Waals surface area contributed by atoms with Crippen molar-refractivity contribution in [3.63, 3.8) is 0 Å². The molecule has 2 aromatic heterocycles. The van der Waals surface area contributed by atoms with Crippen molar-refractivity contribution in [1.82, 2.24) is 15.5 Å². The Balaban J connectivity index is 1.82. The highest BCUT2D eigenvalue weighted by atomic mass is 35.5. The molecule has 6 nitrogen and oxygen atoms in total. The summed E-state index contributed by atoms with van der Waals surface area (Å²) in [5.41, 5.74) is 0.854. The Bertz CT molecular complexity index is 1050. The molecule has 3 rings (SSSR count). The van der Waals surface area contributed by atoms with Gasteiger partial charge in [0.15, 0.2) is 6.61 Å². The molecule has 158 valence electrons. The Morgan fingerprint density at radius 1 is 1.20 bits per heavy atom. The Morgan fingerprint density at radius 2 is 1.90 bits per heavy atom. The Morgan fingerprint density at radius 3 is 2.57 bits per heavy atom. The summed E-state index contributed by atoms with van der Waals surface area (Å²) in [5.74, 6) is -0.588. The number of amides is 1. The number of alkyl halides is 3. The molecule has 0 aliphatic rings. The number of hydrogen-bond donors (Lipinski definition) is 1. The number of halogens is 5. The Kier molecular flexibility index (Phi) is 6.52. The molecule has 0 unspecified atom stereocenters. The quantitative estimate of drug-likeness (QED) is 0.546. The molecular weight excluding hydrogens is 446 g/mol. The van der Waals surface area contributed by atoms with Crippen molar-refractivity contribution < 1.29 is 27.2 Å². The van der Waals surface area contributed by atoms with Crippen LogP contribution in [0.2, 0.25) is 10.0 Å². The van der Waals surface area contributed by atoms with Crippen LogP contribution in [-0.2, 0) is 6.54 Å². The van der Waals surface area contributed by atoms with Crippen LogP contribution in [0.5, 0.6) is 5.88 Å². The van der Waals surface area contributed by atoms with Gasteiger partial charge in [0.1, 0.15) is 17.0 Å². The van der Waals surface area contributed by atoms with Crippen LogP contribution in [0.4, 0.5) is 13.2 Å². The van der Waals surface area contributed by atoms with Crippen LogP contribution in [0.15, 0.2) is 41.1 Å². The number of aromatic nitrogens is 2. The summed E-state index contributed by atoms with van der Waals surface area (Å²) < 4.78 is 47.1. The van der Waals surface area contributed by atoms with Gasteiger partial charge in [0, 0.05) is 23.9 Å². The fourth-order valence-corrected chi connectivity index (χ4v) is 3.21. The average molecular weight is 460 g/mol. The summed E-state index contributed by atoms with van der Waals surface area (Å²) in [6, 6.07) is 7.83. The van der Waals surface area contributed by atoms with E-state index in [1.54, 1.807) is 18.2 Å². The van der Waals surface area contributed by atoms with Crippen molar-refractivity contribution >= 4 is 29.1 Å². The normalized spacial score (nSPS) is 11.4. The van der Waals surface area contributed by atoms with Crippen molar-refractivity contribution in [2.75, 3.05) is 6.61 Å². The van der Waals surface area contributed by atoms with Gasteiger partial charge in [0.25, 0.3) is 5.91 Å². The number of nitrogens with one attached hydrogen (secondary N) is 1. The van der Waals surface area contributed by atoms with E-state index in [-0.39, 0.29) is 45.1 Å². The second-order valence-corrected chi connectivity index (χ2v) is 6.93. The zero-order valence-electron chi connectivity index (χ0n) is 15.4. The lowest BCUT2D eigenvalue weighted by atomic mass is 10.1. The van der Waals surface area contributed by atoms with Crippen molar-refractivity contribution in [2.45, 2.75) is 19.6 Å². The zero-order chi connectivity index (χ0) is 21.9. The van der Waals surface area contributed by atoms with E-state index in [2.05, 4.69) is 15.5 Å². The summed E-state index contributed by atoms with van der Waals surface area (Å²) in [7, 11) is 0. The molecule has 0 aliphatic carbocycles. The molecule has 1 aromatic carbocycles. The maximum Gasteiger partial charge on any atom is 0.422 e. The van der Waals surface area contributed by atoms with Gasteiger partial charge in [0.2, 0.25) is 5.88 Å². The highest BCUT2D eigenvalue weighted by molar-refractivity contribution is 6.39. The zero-order valence-corrected chi connectivity index (χ0v) is 16.9. The minimum atomic E-state index is -4.51. The van der Waals surface area contributed by atoms with Crippen molar-refractivity contribution in [3.8, 4) is 17.1 Å². The van der Waals surface area contributed by atoms with Gasteiger partial charge in [-0.1, -0.05) is 40.5 Å². The number of carbonyl (C=O) groups is 1. The third-order valence-electron chi connectivity index (χ3n) is 3.95. The Labute approximate surface area is 178 Å². The molecule has 0 bridgehead atoms. The molecule has 0 saturated heterocycles. The summed E-state index contributed by atoms with van der Waals surface area (Å²) in [5, 5.41) is 7.05. The van der Waals surface area contributed by atoms with Gasteiger partial charge in [-0.15, -0.1) is 0 Å². The van der Waals surface area contributed by atoms with Gasteiger partial charge in [-0.3, -0.25) is 4.79 Å². The molecule has 0 radical (unpaired) electrons. The summed E-state index contributed by atoms with van der Waals surface area (Å²) in [6.45, 7) is -0.0941. The smallest absolute Gasteiger partial charge is 0.422 e. The summed E-state index contributed by atoms with van der Waals surface area (Å²) >= 11 is 12.4. The van der Waals surface area contributed by atoms with Gasteiger partial charge in [-0.25, -0.2) is 4.98 Å². The van der Waals surface area contributed by atoms with E-state index in [0.29, 0.717) is 5.56 Å². The summed E-state index contributed by atoms with van der Waals surface area (Å²) in [4.78, 5) is 16.6. The van der Waals surface area contributed by atoms with Crippen LogP contribution in [0.1, 0.15) is 21.7 Å². The summed E-state index contributed by atoms with van der Waals surface area (Å²) in [6.07, 6.45) is -3.22. The number of nitrogens with zero attached hydrogens (tertiary/aromatic N) is 2. The molecule has 1 N–H and O–H groups in total. The maximum atomic E-state index is 12.8. The predicted molar refractivity (Wildman–Crippen MR) is 104 cm³/mol. The highest BCUT2D eigenvalue weighted by Gasteiger charge is 2.29. The standard InChI is InChI=1S/C19H14Cl2F3N3O3/c1-10-14(16(27-30-10)15-12(20)5-2-6-13(15)21)17(28)26-8-11-4-3-7-25-18(11)29-9-19(22,23)24/h2-7H,8-9H2,1H3,(H,26,28). The van der Waals surface area contributed by atoms with Gasteiger partial charge in [-0.05, 0) is 25.1 Å². The predicted octanol–water partition coefficient (Wildman–Crippen LogP) is 5.22. The monoisotopic (exact) mass is 459 g/mol. The number of pyridine rings is 1. The first-order valence-corrected chi connectivity index (χ1v) is 9.25. The number of carbonyl (C=O) groups excluding carboxylic acids is 1. The molecule has 1 amide bonds. The van der Waals surface area contributed by atoms with Gasteiger partial charge < -0.3 is 14.6 Å². The minimum absolute atomic E-state index is 0.103. The first-order chi connectivity index (χ1) is 14.2. The number of rotatable bonds is 6. The fourth-order valence-electron chi connectivity index (χ4n) is 2.64. The highest BCUT2D eigenvalue weighted by Crippen LogP contribution is 2.36. The van der Waals surface area contributed by atoms with Gasteiger partial charge >= 0.3 is 6.18 Å². The largest absolute Gasteiger partial charge is 0.468 e. The van der Waals surface area contributed by atoms with E-state index in [9.17, 15) is 18.0 Å². The molecule has 0 aliphatic heterocycles. The van der Waals surface area contributed by atoms with Crippen LogP contribution in [0.3, 0.4) is 0 Å². The van der Waals surface area contributed by atoms with Crippen LogP contribution in [-0.4, -0.2) is 28.8 Å². The molecule has 0 saturated carbocycles. The van der Waals surface area contributed by atoms with Crippen LogP contribution < -0.4 is 10.1 Å². The van der Waals surface area contributed by atoms with Gasteiger partial charge in [0.05, 0.1) is 10.0 Å². The van der Waals surface area contributed by atoms with E-state index in [0.717, 1.165) is 0 Å². The van der Waals surface area contributed by atoms with E-state index in [4.69, 9.17) is 32.5 Å². The maximum absolute atomic E-state index is 12.8. The van der Waals surface area contributed by atoms with Crippen LogP contribution >= 0.6 is 23.2 Å². The molecule has 3 aromatic rings. The Hall–Kier alpha value is -2.78. The van der Waals surface area contributed by atoms with Crippen molar-refractivity contribution in [3.05, 3.63) is 63.5 Å². The minimum Gasteiger partial charge on any atom is -0.468 e. The lowest BCUT2D eigenvalue weighted by molar-refractivity contribution is -0.154. The van der Waals surface area contributed by atoms with Gasteiger partial charge in [-0.2, -0.15) is 13.2 Å². The van der Waals surface area contributed by atoms with Crippen molar-refractivity contribution in [1.29, 1.82) is 0 Å². The average Bonchev–Trinajstić information content (AvgIpc) is 3.05. The molecule has 30 heavy (non-hydrogen) atoms. The topological polar surface area (TPSA) is 77.3 Å². The number of ether oxygens (including phenoxy) is 1. The van der Waals surface area contributed by atoms with E-state index in [1.807, 2.05) is 0 Å². The van der Waals surface area contributed by atoms with E-state index in [1.165, 1.54) is 25.3 Å². The number of benzene rings is 1.